The van der Waals surface area contributed by atoms with E-state index in [0.29, 0.717) is 0 Å². The third-order valence-corrected chi connectivity index (χ3v) is 2.60. The number of aliphatic hydroxyl groups is 1. The highest BCUT2D eigenvalue weighted by molar-refractivity contribution is 5.78. The first-order valence-electron chi connectivity index (χ1n) is 5.07. The van der Waals surface area contributed by atoms with Gasteiger partial charge in [0, 0.05) is 12.1 Å². The van der Waals surface area contributed by atoms with Gasteiger partial charge in [0.2, 0.25) is 0 Å². The van der Waals surface area contributed by atoms with Crippen LogP contribution in [-0.4, -0.2) is 31.3 Å². The fourth-order valence-electron chi connectivity index (χ4n) is 1.58. The third-order valence-electron chi connectivity index (χ3n) is 2.60. The molecule has 1 atom stereocenters. The second-order valence-electron chi connectivity index (χ2n) is 4.21. The molecule has 96 valence electrons. The first kappa shape index (κ1) is 12.4. The number of carboxylic acid groups (broad SMARTS) is 1. The number of fused-ring (bicyclic) bond motifs is 1. The minimum Gasteiger partial charge on any atom is -0.479 e. The molecule has 2 aromatic rings. The number of aromatic nitrogens is 2. The Hall–Kier alpha value is -2.02. The molecular formula is C11H10F2N2O3. The fourth-order valence-corrected chi connectivity index (χ4v) is 1.58. The molecule has 2 N–H and O–H groups in total. The number of carboxylic acids is 1. The SMILES string of the molecule is CC(O)(Cn1cnc2cc(F)c(F)cc21)C(=O)O. The molecule has 2 rings (SSSR count). The number of carbonyl (C=O) groups is 1. The average Bonchev–Trinajstić information content (AvgIpc) is 2.61. The maximum atomic E-state index is 13.1. The Morgan fingerprint density at radius 2 is 2.06 bits per heavy atom. The molecule has 1 aromatic carbocycles. The van der Waals surface area contributed by atoms with E-state index >= 15 is 0 Å². The van der Waals surface area contributed by atoms with Crippen molar-refractivity contribution in [2.45, 2.75) is 19.1 Å². The summed E-state index contributed by atoms with van der Waals surface area (Å²) in [6.07, 6.45) is 1.22. The number of hydrogen-bond donors (Lipinski definition) is 2. The van der Waals surface area contributed by atoms with Crippen LogP contribution in [0.5, 0.6) is 0 Å². The second-order valence-corrected chi connectivity index (χ2v) is 4.21. The van der Waals surface area contributed by atoms with Crippen molar-refractivity contribution in [1.82, 2.24) is 9.55 Å². The van der Waals surface area contributed by atoms with Crippen LogP contribution in [0.1, 0.15) is 6.92 Å². The zero-order valence-electron chi connectivity index (χ0n) is 9.39. The highest BCUT2D eigenvalue weighted by Gasteiger charge is 2.31. The Balaban J connectivity index is 2.47. The van der Waals surface area contributed by atoms with Crippen molar-refractivity contribution in [1.29, 1.82) is 0 Å². The number of nitrogens with zero attached hydrogens (tertiary/aromatic N) is 2. The van der Waals surface area contributed by atoms with Crippen molar-refractivity contribution in [3.8, 4) is 0 Å². The summed E-state index contributed by atoms with van der Waals surface area (Å²) in [5, 5.41) is 18.4. The van der Waals surface area contributed by atoms with Crippen molar-refractivity contribution < 1.29 is 23.8 Å². The smallest absolute Gasteiger partial charge is 0.337 e. The Morgan fingerprint density at radius 1 is 1.44 bits per heavy atom. The van der Waals surface area contributed by atoms with Crippen LogP contribution < -0.4 is 0 Å². The van der Waals surface area contributed by atoms with Gasteiger partial charge in [-0.3, -0.25) is 0 Å². The molecule has 0 saturated carbocycles. The molecule has 0 bridgehead atoms. The summed E-state index contributed by atoms with van der Waals surface area (Å²) in [5.41, 5.74) is -1.61. The van der Waals surface area contributed by atoms with Crippen LogP contribution in [0.4, 0.5) is 8.78 Å². The van der Waals surface area contributed by atoms with Crippen LogP contribution >= 0.6 is 0 Å². The molecule has 18 heavy (non-hydrogen) atoms. The standard InChI is InChI=1S/C11H10F2N2O3/c1-11(18,10(16)17)4-15-5-14-8-2-6(12)7(13)3-9(8)15/h2-3,5,18H,4H2,1H3,(H,16,17). The highest BCUT2D eigenvalue weighted by Crippen LogP contribution is 2.19. The summed E-state index contributed by atoms with van der Waals surface area (Å²) in [6.45, 7) is 0.797. The van der Waals surface area contributed by atoms with Gasteiger partial charge >= 0.3 is 5.97 Å². The van der Waals surface area contributed by atoms with Crippen LogP contribution in [0.3, 0.4) is 0 Å². The fraction of sp³-hybridized carbons (Fsp3) is 0.273. The van der Waals surface area contributed by atoms with Gasteiger partial charge in [-0.1, -0.05) is 0 Å². The van der Waals surface area contributed by atoms with E-state index in [1.54, 1.807) is 0 Å². The largest absolute Gasteiger partial charge is 0.479 e. The number of halogens is 2. The second kappa shape index (κ2) is 4.02. The van der Waals surface area contributed by atoms with E-state index in [4.69, 9.17) is 5.11 Å². The van der Waals surface area contributed by atoms with Gasteiger partial charge in [0.15, 0.2) is 17.2 Å². The van der Waals surface area contributed by atoms with E-state index in [2.05, 4.69) is 4.98 Å². The molecule has 1 unspecified atom stereocenters. The van der Waals surface area contributed by atoms with Gasteiger partial charge in [-0.15, -0.1) is 0 Å². The zero-order chi connectivity index (χ0) is 13.5. The molecule has 0 amide bonds. The van der Waals surface area contributed by atoms with Crippen molar-refractivity contribution in [2.24, 2.45) is 0 Å². The van der Waals surface area contributed by atoms with Gasteiger partial charge in [-0.2, -0.15) is 0 Å². The molecule has 7 heteroatoms. The number of aliphatic carboxylic acids is 1. The predicted molar refractivity (Wildman–Crippen MR) is 57.9 cm³/mol. The molecule has 0 aliphatic heterocycles. The lowest BCUT2D eigenvalue weighted by molar-refractivity contribution is -0.157. The Kier molecular flexibility index (Phi) is 2.78. The molecule has 0 fully saturated rings. The maximum Gasteiger partial charge on any atom is 0.337 e. The van der Waals surface area contributed by atoms with Crippen LogP contribution in [-0.2, 0) is 11.3 Å². The minimum absolute atomic E-state index is 0.190. The normalized spacial score (nSPS) is 14.7. The van der Waals surface area contributed by atoms with Gasteiger partial charge in [-0.05, 0) is 6.92 Å². The Morgan fingerprint density at radius 3 is 2.67 bits per heavy atom. The van der Waals surface area contributed by atoms with Gasteiger partial charge in [0.05, 0.1) is 23.9 Å². The van der Waals surface area contributed by atoms with Crippen LogP contribution in [0, 0.1) is 11.6 Å². The number of rotatable bonds is 3. The molecule has 0 saturated heterocycles. The third kappa shape index (κ3) is 2.04. The Labute approximate surface area is 100 Å². The highest BCUT2D eigenvalue weighted by atomic mass is 19.2. The molecule has 0 radical (unpaired) electrons. The summed E-state index contributed by atoms with van der Waals surface area (Å²) >= 11 is 0. The minimum atomic E-state index is -2.02. The quantitative estimate of drug-likeness (QED) is 0.863. The monoisotopic (exact) mass is 256 g/mol. The van der Waals surface area contributed by atoms with Crippen molar-refractivity contribution in [2.75, 3.05) is 0 Å². The van der Waals surface area contributed by atoms with Crippen LogP contribution in [0.2, 0.25) is 0 Å². The lowest BCUT2D eigenvalue weighted by atomic mass is 10.1. The Bertz CT molecular complexity index is 622. The van der Waals surface area contributed by atoms with E-state index in [1.807, 2.05) is 0 Å². The average molecular weight is 256 g/mol. The first-order valence-corrected chi connectivity index (χ1v) is 5.07. The van der Waals surface area contributed by atoms with Gasteiger partial charge in [0.25, 0.3) is 0 Å². The van der Waals surface area contributed by atoms with Crippen molar-refractivity contribution >= 4 is 17.0 Å². The number of benzene rings is 1. The van der Waals surface area contributed by atoms with Crippen molar-refractivity contribution in [3.05, 3.63) is 30.1 Å². The zero-order valence-corrected chi connectivity index (χ0v) is 9.39. The molecular weight excluding hydrogens is 246 g/mol. The lowest BCUT2D eigenvalue weighted by Crippen LogP contribution is -2.39. The molecule has 0 spiro atoms. The molecule has 5 nitrogen and oxygen atoms in total. The van der Waals surface area contributed by atoms with Crippen LogP contribution in [0.15, 0.2) is 18.5 Å². The summed E-state index contributed by atoms with van der Waals surface area (Å²) < 4.78 is 27.3. The first-order chi connectivity index (χ1) is 8.31. The summed E-state index contributed by atoms with van der Waals surface area (Å²) in [4.78, 5) is 14.6. The van der Waals surface area contributed by atoms with E-state index in [0.717, 1.165) is 19.1 Å². The van der Waals surface area contributed by atoms with E-state index in [9.17, 15) is 18.7 Å². The van der Waals surface area contributed by atoms with Crippen molar-refractivity contribution in [3.63, 3.8) is 0 Å². The summed E-state index contributed by atoms with van der Waals surface area (Å²) in [7, 11) is 0. The molecule has 0 aliphatic rings. The van der Waals surface area contributed by atoms with E-state index in [-0.39, 0.29) is 17.6 Å². The number of hydrogen-bond acceptors (Lipinski definition) is 3. The number of imidazole rings is 1. The van der Waals surface area contributed by atoms with E-state index < -0.39 is 23.2 Å². The van der Waals surface area contributed by atoms with Crippen LogP contribution in [0.25, 0.3) is 11.0 Å². The summed E-state index contributed by atoms with van der Waals surface area (Å²) in [5.74, 6) is -3.50. The van der Waals surface area contributed by atoms with Gasteiger partial charge in [-0.25, -0.2) is 18.6 Å². The molecule has 1 heterocycles. The summed E-state index contributed by atoms with van der Waals surface area (Å²) in [6, 6.07) is 1.83. The van der Waals surface area contributed by atoms with Gasteiger partial charge in [0.1, 0.15) is 0 Å². The lowest BCUT2D eigenvalue weighted by Gasteiger charge is -2.18. The molecule has 0 aliphatic carbocycles. The molecule has 1 aromatic heterocycles. The predicted octanol–water partition coefficient (Wildman–Crippen LogP) is 1.15. The topological polar surface area (TPSA) is 75.3 Å². The van der Waals surface area contributed by atoms with Gasteiger partial charge < -0.3 is 14.8 Å². The maximum absolute atomic E-state index is 13.1. The van der Waals surface area contributed by atoms with E-state index in [1.165, 1.54) is 10.9 Å².